The molecule has 0 unspecified atom stereocenters. The van der Waals surface area contributed by atoms with Crippen LogP contribution in [-0.4, -0.2) is 28.2 Å². The third-order valence-corrected chi connectivity index (χ3v) is 1.22. The lowest BCUT2D eigenvalue weighted by Gasteiger charge is -1.97. The highest BCUT2D eigenvalue weighted by atomic mass is 16.5. The molecule has 0 spiro atoms. The maximum absolute atomic E-state index is 10.3. The molecule has 1 N–H and O–H groups in total. The highest BCUT2D eigenvalue weighted by Crippen LogP contribution is 1.96. The van der Waals surface area contributed by atoms with Gasteiger partial charge >= 0.3 is 5.97 Å². The van der Waals surface area contributed by atoms with Crippen LogP contribution in [0.25, 0.3) is 0 Å². The lowest BCUT2D eigenvalue weighted by Crippen LogP contribution is -2.02. The standard InChI is InChI=1S/C7H8N2O3/c1-12-4-5-2-9-6(3-8-5)7(10)11/h2-3H,4H2,1H3,(H,10,11). The van der Waals surface area contributed by atoms with E-state index in [1.54, 1.807) is 0 Å². The van der Waals surface area contributed by atoms with Gasteiger partial charge in [0, 0.05) is 7.11 Å². The highest BCUT2D eigenvalue weighted by molar-refractivity contribution is 5.84. The zero-order valence-corrected chi connectivity index (χ0v) is 6.52. The molecule has 64 valence electrons. The Hall–Kier alpha value is -1.49. The van der Waals surface area contributed by atoms with Crippen LogP contribution in [0.4, 0.5) is 0 Å². The summed E-state index contributed by atoms with van der Waals surface area (Å²) in [5, 5.41) is 8.47. The fourth-order valence-electron chi connectivity index (χ4n) is 0.688. The predicted molar refractivity (Wildman–Crippen MR) is 39.7 cm³/mol. The van der Waals surface area contributed by atoms with E-state index in [0.717, 1.165) is 0 Å². The molecule has 0 aliphatic rings. The van der Waals surface area contributed by atoms with Crippen molar-refractivity contribution in [1.29, 1.82) is 0 Å². The number of methoxy groups -OCH3 is 1. The molecule has 5 nitrogen and oxygen atoms in total. The molecule has 1 rings (SSSR count). The van der Waals surface area contributed by atoms with Crippen LogP contribution in [0.5, 0.6) is 0 Å². The molecule has 0 saturated heterocycles. The summed E-state index contributed by atoms with van der Waals surface area (Å²) in [6.07, 6.45) is 2.59. The second-order valence-electron chi connectivity index (χ2n) is 2.13. The minimum Gasteiger partial charge on any atom is -0.476 e. The molecule has 0 atom stereocenters. The predicted octanol–water partition coefficient (Wildman–Crippen LogP) is 0.321. The van der Waals surface area contributed by atoms with E-state index in [1.807, 2.05) is 0 Å². The first-order valence-corrected chi connectivity index (χ1v) is 3.27. The van der Waals surface area contributed by atoms with E-state index in [1.165, 1.54) is 19.5 Å². The van der Waals surface area contributed by atoms with Gasteiger partial charge in [-0.25, -0.2) is 9.78 Å². The van der Waals surface area contributed by atoms with Gasteiger partial charge in [0.05, 0.1) is 24.7 Å². The first-order chi connectivity index (χ1) is 5.74. The van der Waals surface area contributed by atoms with E-state index in [9.17, 15) is 4.79 Å². The summed E-state index contributed by atoms with van der Waals surface area (Å²) in [6, 6.07) is 0. The SMILES string of the molecule is COCc1cnc(C(=O)O)cn1. The van der Waals surface area contributed by atoms with Crippen LogP contribution >= 0.6 is 0 Å². The molecule has 1 heterocycles. The quantitative estimate of drug-likeness (QED) is 0.703. The molecule has 0 saturated carbocycles. The van der Waals surface area contributed by atoms with E-state index >= 15 is 0 Å². The van der Waals surface area contributed by atoms with Gasteiger partial charge in [0.2, 0.25) is 0 Å². The Morgan fingerprint density at radius 1 is 1.58 bits per heavy atom. The van der Waals surface area contributed by atoms with Crippen molar-refractivity contribution in [3.8, 4) is 0 Å². The topological polar surface area (TPSA) is 72.3 Å². The van der Waals surface area contributed by atoms with Gasteiger partial charge < -0.3 is 9.84 Å². The van der Waals surface area contributed by atoms with Crippen molar-refractivity contribution in [2.24, 2.45) is 0 Å². The van der Waals surface area contributed by atoms with Crippen LogP contribution < -0.4 is 0 Å². The zero-order valence-electron chi connectivity index (χ0n) is 6.52. The average Bonchev–Trinajstić information content (AvgIpc) is 2.06. The smallest absolute Gasteiger partial charge is 0.356 e. The summed E-state index contributed by atoms with van der Waals surface area (Å²) < 4.78 is 4.78. The van der Waals surface area contributed by atoms with Crippen LogP contribution in [0.3, 0.4) is 0 Å². The molecule has 1 aromatic rings. The molecule has 5 heteroatoms. The Morgan fingerprint density at radius 3 is 2.75 bits per heavy atom. The molecule has 0 aromatic carbocycles. The van der Waals surface area contributed by atoms with Crippen LogP contribution in [0.2, 0.25) is 0 Å². The average molecular weight is 168 g/mol. The number of carbonyl (C=O) groups is 1. The Bertz CT molecular complexity index is 270. The van der Waals surface area contributed by atoms with Crippen LogP contribution in [-0.2, 0) is 11.3 Å². The number of aromatic nitrogens is 2. The number of hydrogen-bond acceptors (Lipinski definition) is 4. The van der Waals surface area contributed by atoms with Gasteiger partial charge in [-0.1, -0.05) is 0 Å². The van der Waals surface area contributed by atoms with Gasteiger partial charge in [0.25, 0.3) is 0 Å². The largest absolute Gasteiger partial charge is 0.476 e. The van der Waals surface area contributed by atoms with E-state index in [4.69, 9.17) is 9.84 Å². The monoisotopic (exact) mass is 168 g/mol. The van der Waals surface area contributed by atoms with Gasteiger partial charge in [-0.15, -0.1) is 0 Å². The Labute approximate surface area is 69.0 Å². The van der Waals surface area contributed by atoms with Crippen molar-refractivity contribution in [2.75, 3.05) is 7.11 Å². The molecule has 1 aromatic heterocycles. The van der Waals surface area contributed by atoms with Crippen molar-refractivity contribution in [3.63, 3.8) is 0 Å². The number of nitrogens with zero attached hydrogens (tertiary/aromatic N) is 2. The molecule has 0 aliphatic carbocycles. The minimum atomic E-state index is -1.08. The summed E-state index contributed by atoms with van der Waals surface area (Å²) in [5.74, 6) is -1.08. The van der Waals surface area contributed by atoms with Gasteiger partial charge in [-0.05, 0) is 0 Å². The van der Waals surface area contributed by atoms with Crippen molar-refractivity contribution >= 4 is 5.97 Å². The second-order valence-corrected chi connectivity index (χ2v) is 2.13. The van der Waals surface area contributed by atoms with Crippen LogP contribution in [0.1, 0.15) is 16.2 Å². The minimum absolute atomic E-state index is 0.0603. The number of carboxylic acid groups (broad SMARTS) is 1. The van der Waals surface area contributed by atoms with E-state index < -0.39 is 5.97 Å². The molecular weight excluding hydrogens is 160 g/mol. The molecule has 0 aliphatic heterocycles. The zero-order chi connectivity index (χ0) is 8.97. The third-order valence-electron chi connectivity index (χ3n) is 1.22. The first-order valence-electron chi connectivity index (χ1n) is 3.27. The summed E-state index contributed by atoms with van der Waals surface area (Å²) in [4.78, 5) is 17.8. The van der Waals surface area contributed by atoms with Crippen LogP contribution in [0.15, 0.2) is 12.4 Å². The lowest BCUT2D eigenvalue weighted by atomic mass is 10.4. The molecule has 0 bridgehead atoms. The van der Waals surface area contributed by atoms with E-state index in [-0.39, 0.29) is 5.69 Å². The summed E-state index contributed by atoms with van der Waals surface area (Å²) in [5.41, 5.74) is 0.553. The third kappa shape index (κ3) is 2.00. The van der Waals surface area contributed by atoms with Gasteiger partial charge in [0.1, 0.15) is 0 Å². The van der Waals surface area contributed by atoms with Crippen molar-refractivity contribution in [3.05, 3.63) is 23.8 Å². The van der Waals surface area contributed by atoms with E-state index in [0.29, 0.717) is 12.3 Å². The Kier molecular flexibility index (Phi) is 2.71. The highest BCUT2D eigenvalue weighted by Gasteiger charge is 2.03. The fraction of sp³-hybridized carbons (Fsp3) is 0.286. The summed E-state index contributed by atoms with van der Waals surface area (Å²) in [6.45, 7) is 0.340. The molecule has 12 heavy (non-hydrogen) atoms. The van der Waals surface area contributed by atoms with Crippen molar-refractivity contribution < 1.29 is 14.6 Å². The molecule has 0 amide bonds. The lowest BCUT2D eigenvalue weighted by molar-refractivity contribution is 0.0689. The normalized spacial score (nSPS) is 9.75. The van der Waals surface area contributed by atoms with E-state index in [2.05, 4.69) is 9.97 Å². The Balaban J connectivity index is 2.78. The van der Waals surface area contributed by atoms with Gasteiger partial charge in [0.15, 0.2) is 5.69 Å². The summed E-state index contributed by atoms with van der Waals surface area (Å²) >= 11 is 0. The molecule has 0 fully saturated rings. The number of ether oxygens (including phenoxy) is 1. The molecule has 0 radical (unpaired) electrons. The molecular formula is C7H8N2O3. The first kappa shape index (κ1) is 8.61. The number of hydrogen-bond donors (Lipinski definition) is 1. The van der Waals surface area contributed by atoms with Gasteiger partial charge in [-0.2, -0.15) is 0 Å². The van der Waals surface area contributed by atoms with Crippen LogP contribution in [0, 0.1) is 0 Å². The fourth-order valence-corrected chi connectivity index (χ4v) is 0.688. The second kappa shape index (κ2) is 3.77. The number of aromatic carboxylic acids is 1. The summed E-state index contributed by atoms with van der Waals surface area (Å²) in [7, 11) is 1.53. The number of carboxylic acids is 1. The van der Waals surface area contributed by atoms with Crippen molar-refractivity contribution in [1.82, 2.24) is 9.97 Å². The van der Waals surface area contributed by atoms with Crippen molar-refractivity contribution in [2.45, 2.75) is 6.61 Å². The maximum Gasteiger partial charge on any atom is 0.356 e. The van der Waals surface area contributed by atoms with Gasteiger partial charge in [-0.3, -0.25) is 4.98 Å². The maximum atomic E-state index is 10.3. The number of rotatable bonds is 3. The Morgan fingerprint density at radius 2 is 2.33 bits per heavy atom.